The summed E-state index contributed by atoms with van der Waals surface area (Å²) in [5, 5.41) is 50.0. The number of hydrogen-bond donors (Lipinski definition) is 15. The lowest BCUT2D eigenvalue weighted by Crippen LogP contribution is -2.62. The molecule has 0 aliphatic carbocycles. The number of carboxylic acids is 2. The fourth-order valence-corrected chi connectivity index (χ4v) is 6.25. The zero-order valence-corrected chi connectivity index (χ0v) is 36.6. The van der Waals surface area contributed by atoms with Crippen molar-refractivity contribution in [2.75, 3.05) is 31.2 Å². The van der Waals surface area contributed by atoms with Crippen LogP contribution >= 0.6 is 25.3 Å². The van der Waals surface area contributed by atoms with Crippen LogP contribution in [-0.2, 0) is 52.7 Å². The molecule has 26 heteroatoms. The number of aliphatic hydroxyl groups excluding tert-OH is 1. The summed E-state index contributed by atoms with van der Waals surface area (Å²) < 4.78 is 0. The highest BCUT2D eigenvalue weighted by molar-refractivity contribution is 7.80. The minimum absolute atomic E-state index is 0.148. The number of nitrogens with two attached hydrogens (primary N) is 1. The summed E-state index contributed by atoms with van der Waals surface area (Å²) in [5.74, 6) is -14.5. The topological polar surface area (TPSA) is 383 Å². The zero-order chi connectivity index (χ0) is 47.3. The van der Waals surface area contributed by atoms with Gasteiger partial charge in [-0.25, -0.2) is 0 Å². The summed E-state index contributed by atoms with van der Waals surface area (Å²) in [4.78, 5) is 144. The highest BCUT2D eigenvalue weighted by Gasteiger charge is 2.37. The molecule has 350 valence electrons. The normalized spacial score (nSPS) is 26.5. The molecule has 1 saturated heterocycles. The second-order valence-electron chi connectivity index (χ2n) is 14.8. The molecule has 0 aromatic rings. The third-order valence-electron chi connectivity index (χ3n) is 9.53. The molecule has 0 aromatic heterocycles. The average molecular weight is 921 g/mol. The Hall–Kier alpha value is -5.21. The van der Waals surface area contributed by atoms with E-state index < -0.39 is 151 Å². The standard InChI is InChI=1S/C36H60N10O14S2/c1-5-17(4)28-36(60)42-20(11-26(51)52)32(56)41-19(10-25(49)50)31(55)40-18(8-6-7-9-37)30(54)43-21(13-47)29(53)38-12-24(48)39-22(14-61)33(57)44-23(15-62)34(58)45-27(16(2)3)35(59)46-28/h16-23,27-28,47,61-62H,5-15,37H2,1-4H3,(H,38,53)(H,39,48)(H,40,55)(H,41,56)(H,42,60)(H,43,54)(H,44,57)(H,45,58)(H,46,59)(H,49,50)(H,51,52)/t17-,18-,19-,20-,21-,22-,23-,27-,28-/m0/s1. The van der Waals surface area contributed by atoms with Gasteiger partial charge in [0.05, 0.1) is 26.0 Å². The minimum atomic E-state index is -1.97. The Morgan fingerprint density at radius 3 is 1.50 bits per heavy atom. The number of thiol groups is 2. The van der Waals surface area contributed by atoms with Gasteiger partial charge in [0.15, 0.2) is 0 Å². The van der Waals surface area contributed by atoms with Crippen LogP contribution < -0.4 is 53.6 Å². The van der Waals surface area contributed by atoms with Crippen molar-refractivity contribution in [1.29, 1.82) is 0 Å². The number of aliphatic hydroxyl groups is 1. The second kappa shape index (κ2) is 27.7. The molecule has 62 heavy (non-hydrogen) atoms. The first kappa shape index (κ1) is 54.8. The molecular weight excluding hydrogens is 861 g/mol. The van der Waals surface area contributed by atoms with Gasteiger partial charge >= 0.3 is 11.9 Å². The van der Waals surface area contributed by atoms with E-state index in [1.807, 2.05) is 0 Å². The van der Waals surface area contributed by atoms with Gasteiger partial charge in [0.1, 0.15) is 48.3 Å². The number of carbonyl (C=O) groups excluding carboxylic acids is 9. The molecule has 0 radical (unpaired) electrons. The molecule has 0 spiro atoms. The molecule has 1 aliphatic heterocycles. The maximum atomic E-state index is 13.8. The molecular formula is C36H60N10O14S2. The average Bonchev–Trinajstić information content (AvgIpc) is 3.21. The highest BCUT2D eigenvalue weighted by Crippen LogP contribution is 2.12. The van der Waals surface area contributed by atoms with Crippen LogP contribution in [0, 0.1) is 11.8 Å². The van der Waals surface area contributed by atoms with Crippen molar-refractivity contribution in [2.24, 2.45) is 17.6 Å². The van der Waals surface area contributed by atoms with Gasteiger partial charge in [0, 0.05) is 11.5 Å². The summed E-state index contributed by atoms with van der Waals surface area (Å²) in [6, 6.07) is -12.7. The molecule has 1 aliphatic rings. The van der Waals surface area contributed by atoms with E-state index in [9.17, 15) is 68.1 Å². The van der Waals surface area contributed by atoms with E-state index in [2.05, 4.69) is 73.1 Å². The van der Waals surface area contributed by atoms with Gasteiger partial charge in [-0.3, -0.25) is 52.7 Å². The monoisotopic (exact) mass is 920 g/mol. The van der Waals surface area contributed by atoms with Crippen molar-refractivity contribution in [3.8, 4) is 0 Å². The van der Waals surface area contributed by atoms with Crippen molar-refractivity contribution in [1.82, 2.24) is 47.9 Å². The Morgan fingerprint density at radius 1 is 0.597 bits per heavy atom. The lowest BCUT2D eigenvalue weighted by molar-refractivity contribution is -0.144. The minimum Gasteiger partial charge on any atom is -0.481 e. The number of carbonyl (C=O) groups is 11. The number of carboxylic acid groups (broad SMARTS) is 2. The summed E-state index contributed by atoms with van der Waals surface area (Å²) >= 11 is 8.23. The van der Waals surface area contributed by atoms with Gasteiger partial charge in [-0.05, 0) is 37.6 Å². The third-order valence-corrected chi connectivity index (χ3v) is 10.3. The van der Waals surface area contributed by atoms with Crippen LogP contribution in [-0.4, -0.2) is 160 Å². The van der Waals surface area contributed by atoms with Crippen LogP contribution in [0.3, 0.4) is 0 Å². The quantitative estimate of drug-likeness (QED) is 0.0571. The van der Waals surface area contributed by atoms with Gasteiger partial charge in [-0.15, -0.1) is 0 Å². The van der Waals surface area contributed by atoms with Gasteiger partial charge in [-0.1, -0.05) is 34.1 Å². The highest BCUT2D eigenvalue weighted by atomic mass is 32.1. The van der Waals surface area contributed by atoms with Crippen molar-refractivity contribution in [3.05, 3.63) is 0 Å². The molecule has 1 heterocycles. The number of unbranched alkanes of at least 4 members (excludes halogenated alkanes) is 1. The maximum Gasteiger partial charge on any atom is 0.305 e. The van der Waals surface area contributed by atoms with Gasteiger partial charge < -0.3 is 68.9 Å². The van der Waals surface area contributed by atoms with Gasteiger partial charge in [-0.2, -0.15) is 25.3 Å². The lowest BCUT2D eigenvalue weighted by atomic mass is 9.96. The van der Waals surface area contributed by atoms with E-state index in [0.29, 0.717) is 6.42 Å². The Morgan fingerprint density at radius 2 is 1.02 bits per heavy atom. The summed E-state index contributed by atoms with van der Waals surface area (Å²) in [7, 11) is 0. The van der Waals surface area contributed by atoms with Crippen molar-refractivity contribution < 1.29 is 68.1 Å². The van der Waals surface area contributed by atoms with E-state index in [-0.39, 0.29) is 37.3 Å². The molecule has 0 unspecified atom stereocenters. The molecule has 9 atom stereocenters. The van der Waals surface area contributed by atoms with Crippen molar-refractivity contribution >= 4 is 90.4 Å². The molecule has 14 N–H and O–H groups in total. The fraction of sp³-hybridized carbons (Fsp3) is 0.694. The van der Waals surface area contributed by atoms with Crippen LogP contribution in [0.25, 0.3) is 0 Å². The number of hydrogen-bond acceptors (Lipinski definition) is 15. The molecule has 24 nitrogen and oxygen atoms in total. The molecule has 0 bridgehead atoms. The third kappa shape index (κ3) is 18.4. The van der Waals surface area contributed by atoms with E-state index in [0.717, 1.165) is 0 Å². The van der Waals surface area contributed by atoms with Crippen LogP contribution in [0.1, 0.15) is 66.2 Å². The molecule has 0 saturated carbocycles. The zero-order valence-electron chi connectivity index (χ0n) is 34.9. The fourth-order valence-electron chi connectivity index (χ4n) is 5.73. The largest absolute Gasteiger partial charge is 0.481 e. The van der Waals surface area contributed by atoms with E-state index in [1.165, 1.54) is 0 Å². The molecule has 1 fully saturated rings. The van der Waals surface area contributed by atoms with Crippen molar-refractivity contribution in [2.45, 2.75) is 115 Å². The first-order chi connectivity index (χ1) is 29.1. The number of rotatable bonds is 14. The lowest BCUT2D eigenvalue weighted by Gasteiger charge is -2.30. The smallest absolute Gasteiger partial charge is 0.305 e. The SMILES string of the molecule is CC[C@H](C)[C@@H]1NC(=O)[C@H](C(C)C)NC(=O)[C@H](CS)NC(=O)[C@H](CS)NC(=O)CNC(=O)[C@H](CO)NC(=O)[C@H](CCCCN)NC(=O)[C@H](CC(=O)O)NC(=O)[C@H](CC(=O)O)NC1=O. The van der Waals surface area contributed by atoms with Crippen LogP contribution in [0.5, 0.6) is 0 Å². The first-order valence-electron chi connectivity index (χ1n) is 19.8. The van der Waals surface area contributed by atoms with Crippen LogP contribution in [0.2, 0.25) is 0 Å². The Labute approximate surface area is 368 Å². The van der Waals surface area contributed by atoms with Crippen molar-refractivity contribution in [3.63, 3.8) is 0 Å². The number of nitrogens with one attached hydrogen (secondary N) is 9. The van der Waals surface area contributed by atoms with Gasteiger partial charge in [0.2, 0.25) is 53.2 Å². The molecule has 9 amide bonds. The predicted octanol–water partition coefficient (Wildman–Crippen LogP) is -5.37. The van der Waals surface area contributed by atoms with E-state index in [1.54, 1.807) is 27.7 Å². The van der Waals surface area contributed by atoms with Crippen LogP contribution in [0.4, 0.5) is 0 Å². The number of aliphatic carboxylic acids is 2. The molecule has 0 aromatic carbocycles. The second-order valence-corrected chi connectivity index (χ2v) is 15.5. The van der Waals surface area contributed by atoms with Crippen LogP contribution in [0.15, 0.2) is 0 Å². The number of amides is 9. The summed E-state index contributed by atoms with van der Waals surface area (Å²) in [6.45, 7) is 4.74. The summed E-state index contributed by atoms with van der Waals surface area (Å²) in [5.41, 5.74) is 5.57. The maximum absolute atomic E-state index is 13.8. The van der Waals surface area contributed by atoms with E-state index in [4.69, 9.17) is 5.73 Å². The first-order valence-corrected chi connectivity index (χ1v) is 21.1. The Balaban J connectivity index is 3.81. The Kier molecular flexibility index (Phi) is 24.5. The van der Waals surface area contributed by atoms with Gasteiger partial charge in [0.25, 0.3) is 0 Å². The summed E-state index contributed by atoms with van der Waals surface area (Å²) in [6.07, 6.45) is -1.51. The predicted molar refractivity (Wildman–Crippen MR) is 225 cm³/mol. The Bertz CT molecular complexity index is 1640. The molecule has 1 rings (SSSR count). The van der Waals surface area contributed by atoms with E-state index >= 15 is 0 Å².